The number of nitrogens with one attached hydrogen (secondary N) is 1. The van der Waals surface area contributed by atoms with Gasteiger partial charge in [0.1, 0.15) is 5.01 Å². The molecule has 3 aromatic rings. The van der Waals surface area contributed by atoms with E-state index in [0.717, 1.165) is 35.7 Å². The second-order valence-electron chi connectivity index (χ2n) is 6.69. The Morgan fingerprint density at radius 2 is 2.08 bits per heavy atom. The Morgan fingerprint density at radius 1 is 1.23 bits per heavy atom. The maximum Gasteiger partial charge on any atom is 0.223 e. The Hall–Kier alpha value is -2.53. The lowest BCUT2D eigenvalue weighted by molar-refractivity contribution is -0.125. The minimum absolute atomic E-state index is 0.0311. The molecule has 4 rings (SSSR count). The van der Waals surface area contributed by atoms with Gasteiger partial charge in [-0.05, 0) is 49.4 Å². The summed E-state index contributed by atoms with van der Waals surface area (Å²) in [6, 6.07) is 14.0. The molecule has 1 atom stereocenters. The quantitative estimate of drug-likeness (QED) is 0.764. The molecular weight excluding hydrogens is 342 g/mol. The van der Waals surface area contributed by atoms with Gasteiger partial charge in [-0.3, -0.25) is 9.78 Å². The van der Waals surface area contributed by atoms with E-state index in [4.69, 9.17) is 4.98 Å². The van der Waals surface area contributed by atoms with Crippen LogP contribution >= 0.6 is 11.3 Å². The highest BCUT2D eigenvalue weighted by Crippen LogP contribution is 2.34. The average molecular weight is 363 g/mol. The minimum Gasteiger partial charge on any atom is -0.352 e. The molecule has 1 aliphatic carbocycles. The van der Waals surface area contributed by atoms with E-state index in [0.29, 0.717) is 6.54 Å². The first kappa shape index (κ1) is 16.9. The van der Waals surface area contributed by atoms with E-state index in [1.165, 1.54) is 16.0 Å². The van der Waals surface area contributed by atoms with E-state index < -0.39 is 0 Å². The predicted molar refractivity (Wildman–Crippen MR) is 104 cm³/mol. The number of carbonyl (C=O) groups excluding carboxylic acids is 1. The van der Waals surface area contributed by atoms with Crippen LogP contribution in [0.25, 0.3) is 10.7 Å². The first-order valence-electron chi connectivity index (χ1n) is 8.93. The number of hydrogen-bond donors (Lipinski definition) is 1. The van der Waals surface area contributed by atoms with Crippen molar-refractivity contribution in [2.24, 2.45) is 5.92 Å². The van der Waals surface area contributed by atoms with Crippen molar-refractivity contribution in [1.29, 1.82) is 0 Å². The SMILES string of the molecule is Cc1ccccc1CNC(=O)C1CCc2nc(-c3ccccn3)sc2C1. The van der Waals surface area contributed by atoms with Crippen LogP contribution in [0.5, 0.6) is 0 Å². The Kier molecular flexibility index (Phi) is 4.80. The summed E-state index contributed by atoms with van der Waals surface area (Å²) in [6.07, 6.45) is 4.29. The summed E-state index contributed by atoms with van der Waals surface area (Å²) < 4.78 is 0. The number of thiazole rings is 1. The number of nitrogens with zero attached hydrogens (tertiary/aromatic N) is 2. The Balaban J connectivity index is 1.42. The standard InChI is InChI=1S/C21H21N3OS/c1-14-6-2-3-7-16(14)13-23-20(25)15-9-10-17-19(12-15)26-21(24-17)18-8-4-5-11-22-18/h2-8,11,15H,9-10,12-13H2,1H3,(H,23,25). The molecule has 0 spiro atoms. The van der Waals surface area contributed by atoms with Crippen molar-refractivity contribution in [3.05, 3.63) is 70.4 Å². The molecule has 1 aromatic carbocycles. The molecule has 2 aromatic heterocycles. The van der Waals surface area contributed by atoms with Crippen LogP contribution in [0.1, 0.15) is 28.1 Å². The van der Waals surface area contributed by atoms with Crippen molar-refractivity contribution in [3.8, 4) is 10.7 Å². The molecule has 1 unspecified atom stereocenters. The van der Waals surface area contributed by atoms with Crippen LogP contribution < -0.4 is 5.32 Å². The third-order valence-corrected chi connectivity index (χ3v) is 6.05. The fraction of sp³-hybridized carbons (Fsp3) is 0.286. The number of aryl methyl sites for hydroxylation is 2. The van der Waals surface area contributed by atoms with Crippen LogP contribution in [0.4, 0.5) is 0 Å². The molecule has 132 valence electrons. The van der Waals surface area contributed by atoms with Gasteiger partial charge in [0.05, 0.1) is 11.4 Å². The summed E-state index contributed by atoms with van der Waals surface area (Å²) in [6.45, 7) is 2.67. The molecule has 2 heterocycles. The normalized spacial score (nSPS) is 16.1. The fourth-order valence-electron chi connectivity index (χ4n) is 3.33. The van der Waals surface area contributed by atoms with Crippen molar-refractivity contribution in [3.63, 3.8) is 0 Å². The summed E-state index contributed by atoms with van der Waals surface area (Å²) >= 11 is 1.67. The fourth-order valence-corrected chi connectivity index (χ4v) is 4.50. The molecule has 5 heteroatoms. The zero-order valence-corrected chi connectivity index (χ0v) is 15.6. The molecule has 0 saturated heterocycles. The summed E-state index contributed by atoms with van der Waals surface area (Å²) in [7, 11) is 0. The van der Waals surface area contributed by atoms with Gasteiger partial charge in [-0.25, -0.2) is 4.98 Å². The summed E-state index contributed by atoms with van der Waals surface area (Å²) in [4.78, 5) is 23.0. The third kappa shape index (κ3) is 3.53. The number of pyridine rings is 1. The van der Waals surface area contributed by atoms with Gasteiger partial charge in [-0.1, -0.05) is 30.3 Å². The van der Waals surface area contributed by atoms with Crippen LogP contribution in [0.15, 0.2) is 48.7 Å². The largest absolute Gasteiger partial charge is 0.352 e. The van der Waals surface area contributed by atoms with Crippen LogP contribution in [0.2, 0.25) is 0 Å². The van der Waals surface area contributed by atoms with Crippen LogP contribution in [-0.2, 0) is 24.2 Å². The molecule has 1 N–H and O–H groups in total. The molecule has 0 radical (unpaired) electrons. The lowest BCUT2D eigenvalue weighted by atomic mass is 9.90. The number of amides is 1. The molecule has 0 aliphatic heterocycles. The van der Waals surface area contributed by atoms with Gasteiger partial charge >= 0.3 is 0 Å². The lowest BCUT2D eigenvalue weighted by Gasteiger charge is -2.20. The molecule has 0 bridgehead atoms. The molecule has 1 aliphatic rings. The average Bonchev–Trinajstić information content (AvgIpc) is 3.11. The number of benzene rings is 1. The Labute approximate surface area is 157 Å². The van der Waals surface area contributed by atoms with Gasteiger partial charge in [0.25, 0.3) is 0 Å². The van der Waals surface area contributed by atoms with Crippen molar-refractivity contribution < 1.29 is 4.79 Å². The smallest absolute Gasteiger partial charge is 0.223 e. The summed E-state index contributed by atoms with van der Waals surface area (Å²) in [5.74, 6) is 0.176. The molecule has 4 nitrogen and oxygen atoms in total. The Morgan fingerprint density at radius 3 is 2.88 bits per heavy atom. The molecule has 0 fully saturated rings. The van der Waals surface area contributed by atoms with Crippen molar-refractivity contribution in [2.75, 3.05) is 0 Å². The topological polar surface area (TPSA) is 54.9 Å². The second-order valence-corrected chi connectivity index (χ2v) is 7.77. The van der Waals surface area contributed by atoms with Gasteiger partial charge in [0.15, 0.2) is 0 Å². The molecule has 0 saturated carbocycles. The minimum atomic E-state index is 0.0311. The van der Waals surface area contributed by atoms with Crippen LogP contribution in [0.3, 0.4) is 0 Å². The zero-order valence-electron chi connectivity index (χ0n) is 14.7. The van der Waals surface area contributed by atoms with E-state index in [1.807, 2.05) is 30.3 Å². The number of aromatic nitrogens is 2. The van der Waals surface area contributed by atoms with Gasteiger partial charge < -0.3 is 5.32 Å². The zero-order chi connectivity index (χ0) is 17.9. The van der Waals surface area contributed by atoms with Crippen LogP contribution in [0, 0.1) is 12.8 Å². The first-order chi connectivity index (χ1) is 12.7. The number of rotatable bonds is 4. The van der Waals surface area contributed by atoms with E-state index in [1.54, 1.807) is 17.5 Å². The van der Waals surface area contributed by atoms with Crippen LogP contribution in [-0.4, -0.2) is 15.9 Å². The maximum atomic E-state index is 12.6. The second kappa shape index (κ2) is 7.38. The number of carbonyl (C=O) groups is 1. The van der Waals surface area contributed by atoms with E-state index in [-0.39, 0.29) is 11.8 Å². The van der Waals surface area contributed by atoms with Crippen molar-refractivity contribution in [2.45, 2.75) is 32.7 Å². The summed E-state index contributed by atoms with van der Waals surface area (Å²) in [5.41, 5.74) is 4.43. The van der Waals surface area contributed by atoms with Crippen molar-refractivity contribution >= 4 is 17.2 Å². The maximum absolute atomic E-state index is 12.6. The van der Waals surface area contributed by atoms with E-state index in [2.05, 4.69) is 29.4 Å². The molecule has 26 heavy (non-hydrogen) atoms. The van der Waals surface area contributed by atoms with E-state index in [9.17, 15) is 4.79 Å². The van der Waals surface area contributed by atoms with E-state index >= 15 is 0 Å². The van der Waals surface area contributed by atoms with Gasteiger partial charge in [-0.2, -0.15) is 0 Å². The molecule has 1 amide bonds. The first-order valence-corrected chi connectivity index (χ1v) is 9.74. The number of fused-ring (bicyclic) bond motifs is 1. The van der Waals surface area contributed by atoms with Gasteiger partial charge in [0, 0.05) is 23.5 Å². The Bertz CT molecular complexity index is 920. The highest BCUT2D eigenvalue weighted by atomic mass is 32.1. The molecular formula is C21H21N3OS. The summed E-state index contributed by atoms with van der Waals surface area (Å²) in [5, 5.41) is 4.07. The monoisotopic (exact) mass is 363 g/mol. The highest BCUT2D eigenvalue weighted by Gasteiger charge is 2.27. The van der Waals surface area contributed by atoms with Gasteiger partial charge in [-0.15, -0.1) is 11.3 Å². The van der Waals surface area contributed by atoms with Gasteiger partial charge in [0.2, 0.25) is 5.91 Å². The highest BCUT2D eigenvalue weighted by molar-refractivity contribution is 7.15. The lowest BCUT2D eigenvalue weighted by Crippen LogP contribution is -2.33. The number of hydrogen-bond acceptors (Lipinski definition) is 4. The van der Waals surface area contributed by atoms with Crippen molar-refractivity contribution in [1.82, 2.24) is 15.3 Å². The predicted octanol–water partition coefficient (Wildman–Crippen LogP) is 3.93. The third-order valence-electron chi connectivity index (χ3n) is 4.91.